The summed E-state index contributed by atoms with van der Waals surface area (Å²) in [7, 11) is 2.91. The molecule has 3 heterocycles. The predicted octanol–water partition coefficient (Wildman–Crippen LogP) is 2.31. The third-order valence-corrected chi connectivity index (χ3v) is 10.2. The Morgan fingerprint density at radius 3 is 2.61 bits per heavy atom. The Hall–Kier alpha value is -3.56. The first kappa shape index (κ1) is 31.1. The van der Waals surface area contributed by atoms with Crippen LogP contribution in [0.5, 0.6) is 5.75 Å². The molecule has 5 N–H and O–H groups in total. The summed E-state index contributed by atoms with van der Waals surface area (Å²) in [5.74, 6) is -0.318. The highest BCUT2D eigenvalue weighted by molar-refractivity contribution is 6.37. The van der Waals surface area contributed by atoms with Gasteiger partial charge in [0, 0.05) is 62.8 Å². The molecular formula is C33H38N2O11. The lowest BCUT2D eigenvalue weighted by molar-refractivity contribution is -0.195. The number of aliphatic hydroxyl groups excluding tert-OH is 4. The third kappa shape index (κ3) is 4.27. The van der Waals surface area contributed by atoms with E-state index in [9.17, 15) is 30.3 Å². The number of methoxy groups -OCH3 is 2. The average molecular weight is 639 g/mol. The second-order valence-corrected chi connectivity index (χ2v) is 12.7. The highest BCUT2D eigenvalue weighted by Gasteiger charge is 2.58. The standard InChI is InChI=1S/C33H38N2O11/c1-13-6-16-7-17-8-21-33(11-44-12-45-21)10-20-24(28(39)25-19(42-4)9-18(37)30(43-5)31(25)46-20)29(40)26(33)22(17)27(38)23(16)32(41)35(13)34-14(2)15(3)36/h6-7,18-19,21,28,30,32,37-41H,8-12H2,1-5H3/b34-14+/t18-,19+,21-,28?,30+,32?,33?/m1/s1. The van der Waals surface area contributed by atoms with Crippen molar-refractivity contribution in [1.29, 1.82) is 0 Å². The number of fused-ring (bicyclic) bond motifs is 3. The molecule has 7 rings (SSSR count). The minimum Gasteiger partial charge on any atom is -0.507 e. The highest BCUT2D eigenvalue weighted by Crippen LogP contribution is 2.61. The molecule has 0 amide bonds. The van der Waals surface area contributed by atoms with Gasteiger partial charge in [-0.1, -0.05) is 6.07 Å². The fourth-order valence-corrected chi connectivity index (χ4v) is 7.91. The molecule has 1 aromatic rings. The molecule has 0 bridgehead atoms. The third-order valence-electron chi connectivity index (χ3n) is 10.2. The number of phenols is 1. The van der Waals surface area contributed by atoms with Gasteiger partial charge in [-0.2, -0.15) is 5.10 Å². The molecule has 3 aliphatic heterocycles. The Morgan fingerprint density at radius 2 is 1.91 bits per heavy atom. The minimum atomic E-state index is -1.44. The molecule has 7 atom stereocenters. The lowest BCUT2D eigenvalue weighted by atomic mass is 9.59. The van der Waals surface area contributed by atoms with Crippen LogP contribution in [0.3, 0.4) is 0 Å². The van der Waals surface area contributed by atoms with E-state index in [1.807, 2.05) is 6.07 Å². The zero-order chi connectivity index (χ0) is 32.8. The number of rotatable bonds is 4. The smallest absolute Gasteiger partial charge is 0.177 e. The van der Waals surface area contributed by atoms with Crippen LogP contribution in [0.1, 0.15) is 62.1 Å². The second-order valence-electron chi connectivity index (χ2n) is 12.7. The van der Waals surface area contributed by atoms with Crippen molar-refractivity contribution < 1.29 is 54.0 Å². The molecule has 6 aliphatic rings. The lowest BCUT2D eigenvalue weighted by Gasteiger charge is -2.52. The van der Waals surface area contributed by atoms with Gasteiger partial charge in [0.15, 0.2) is 12.0 Å². The number of aliphatic hydroxyl groups is 4. The van der Waals surface area contributed by atoms with Gasteiger partial charge in [-0.25, -0.2) is 5.01 Å². The van der Waals surface area contributed by atoms with Gasteiger partial charge in [0.25, 0.3) is 0 Å². The number of allylic oxidation sites excluding steroid dienone is 2. The van der Waals surface area contributed by atoms with Crippen molar-refractivity contribution in [3.63, 3.8) is 0 Å². The zero-order valence-electron chi connectivity index (χ0n) is 26.2. The van der Waals surface area contributed by atoms with Crippen LogP contribution in [-0.4, -0.2) is 100 Å². The van der Waals surface area contributed by atoms with Crippen molar-refractivity contribution in [1.82, 2.24) is 5.01 Å². The topological polar surface area (TPSA) is 180 Å². The molecule has 1 saturated heterocycles. The van der Waals surface area contributed by atoms with Gasteiger partial charge < -0.3 is 49.2 Å². The number of hydrogen-bond acceptors (Lipinski definition) is 13. The normalized spacial score (nSPS) is 33.7. The fraction of sp³-hybridized carbons (Fsp3) is 0.515. The van der Waals surface area contributed by atoms with Crippen molar-refractivity contribution >= 4 is 23.1 Å². The first-order valence-corrected chi connectivity index (χ1v) is 15.2. The molecule has 46 heavy (non-hydrogen) atoms. The van der Waals surface area contributed by atoms with Gasteiger partial charge in [-0.15, -0.1) is 0 Å². The molecule has 0 aromatic heterocycles. The van der Waals surface area contributed by atoms with E-state index in [0.29, 0.717) is 40.0 Å². The number of hydrazone groups is 1. The maximum atomic E-state index is 12.2. The predicted molar refractivity (Wildman–Crippen MR) is 162 cm³/mol. The molecule has 13 heteroatoms. The van der Waals surface area contributed by atoms with E-state index in [1.165, 1.54) is 26.2 Å². The van der Waals surface area contributed by atoms with Crippen LogP contribution in [-0.2, 0) is 34.9 Å². The summed E-state index contributed by atoms with van der Waals surface area (Å²) in [6.45, 7) is 4.81. The monoisotopic (exact) mass is 638 g/mol. The first-order chi connectivity index (χ1) is 21.9. The maximum absolute atomic E-state index is 12.2. The van der Waals surface area contributed by atoms with Gasteiger partial charge in [0.1, 0.15) is 47.7 Å². The Kier molecular flexibility index (Phi) is 7.44. The zero-order valence-corrected chi connectivity index (χ0v) is 26.2. The van der Waals surface area contributed by atoms with E-state index in [4.69, 9.17) is 23.7 Å². The number of nitrogens with zero attached hydrogens (tertiary/aromatic N) is 2. The van der Waals surface area contributed by atoms with Crippen molar-refractivity contribution in [2.24, 2.45) is 10.5 Å². The molecule has 0 saturated carbocycles. The van der Waals surface area contributed by atoms with E-state index in [0.717, 1.165) is 0 Å². The Morgan fingerprint density at radius 1 is 1.15 bits per heavy atom. The van der Waals surface area contributed by atoms with E-state index in [-0.39, 0.29) is 71.9 Å². The number of aromatic hydroxyl groups is 1. The number of benzene rings is 1. The summed E-state index contributed by atoms with van der Waals surface area (Å²) in [4.78, 5) is 12.0. The van der Waals surface area contributed by atoms with Crippen LogP contribution >= 0.6 is 0 Å². The van der Waals surface area contributed by atoms with Crippen molar-refractivity contribution in [3.05, 3.63) is 62.4 Å². The SMILES string of the molecule is CO[C@H]1C[C@@H](O)[C@H](OC)C2=C1C(O)C1=C(CC34COCO[C@@H]3Cc3cc5c(c(O)c3C4=C1O)C(O)N(/N=C(\C)C(C)=O)C(C)=C5)O2. The Labute approximate surface area is 265 Å². The Balaban J connectivity index is 1.43. The summed E-state index contributed by atoms with van der Waals surface area (Å²) in [5.41, 5.74) is 2.17. The second kappa shape index (κ2) is 11.0. The number of ether oxygens (including phenoxy) is 5. The Bertz CT molecular complexity index is 1690. The van der Waals surface area contributed by atoms with Gasteiger partial charge in [-0.3, -0.25) is 4.79 Å². The summed E-state index contributed by atoms with van der Waals surface area (Å²) in [6, 6.07) is 1.85. The van der Waals surface area contributed by atoms with Crippen LogP contribution in [0, 0.1) is 5.41 Å². The van der Waals surface area contributed by atoms with Gasteiger partial charge in [0.2, 0.25) is 0 Å². The number of hydrogen-bond donors (Lipinski definition) is 5. The molecular weight excluding hydrogens is 600 g/mol. The van der Waals surface area contributed by atoms with Crippen LogP contribution in [0.15, 0.2) is 45.3 Å². The van der Waals surface area contributed by atoms with Crippen LogP contribution in [0.4, 0.5) is 0 Å². The molecule has 1 fully saturated rings. The van der Waals surface area contributed by atoms with E-state index in [1.54, 1.807) is 19.9 Å². The summed E-state index contributed by atoms with van der Waals surface area (Å²) < 4.78 is 29.6. The molecule has 3 aliphatic carbocycles. The van der Waals surface area contributed by atoms with Crippen molar-refractivity contribution in [2.75, 3.05) is 27.6 Å². The first-order valence-electron chi connectivity index (χ1n) is 15.2. The average Bonchev–Trinajstić information content (AvgIpc) is 3.00. The van der Waals surface area contributed by atoms with E-state index < -0.39 is 42.2 Å². The van der Waals surface area contributed by atoms with Gasteiger partial charge in [0.05, 0.1) is 41.5 Å². The van der Waals surface area contributed by atoms with E-state index in [2.05, 4.69) is 5.10 Å². The van der Waals surface area contributed by atoms with Crippen molar-refractivity contribution in [3.8, 4) is 5.75 Å². The summed E-state index contributed by atoms with van der Waals surface area (Å²) in [5, 5.41) is 64.0. The number of carbonyl (C=O) groups is 1. The minimum absolute atomic E-state index is 0.0328. The molecule has 1 aromatic carbocycles. The van der Waals surface area contributed by atoms with Crippen LogP contribution < -0.4 is 0 Å². The molecule has 3 unspecified atom stereocenters. The summed E-state index contributed by atoms with van der Waals surface area (Å²) in [6.07, 6.45) is -3.42. The van der Waals surface area contributed by atoms with Gasteiger partial charge in [-0.05, 0) is 31.1 Å². The molecule has 1 spiro atoms. The maximum Gasteiger partial charge on any atom is 0.177 e. The van der Waals surface area contributed by atoms with Gasteiger partial charge >= 0.3 is 0 Å². The molecule has 13 nitrogen and oxygen atoms in total. The van der Waals surface area contributed by atoms with Crippen LogP contribution in [0.25, 0.3) is 11.6 Å². The summed E-state index contributed by atoms with van der Waals surface area (Å²) >= 11 is 0. The number of ketones is 1. The molecule has 0 radical (unpaired) electrons. The number of carbonyl (C=O) groups excluding carboxylic acids is 1. The number of Topliss-reactive ketones (excluding diaryl/α,β-unsaturated/α-hetero) is 1. The number of phenolic OH excluding ortho intramolecular Hbond substituents is 1. The van der Waals surface area contributed by atoms with E-state index >= 15 is 0 Å². The largest absolute Gasteiger partial charge is 0.507 e. The highest BCUT2D eigenvalue weighted by atomic mass is 16.7. The fourth-order valence-electron chi connectivity index (χ4n) is 7.91. The van der Waals surface area contributed by atoms with Crippen molar-refractivity contribution in [2.45, 2.75) is 76.8 Å². The molecule has 246 valence electrons. The lowest BCUT2D eigenvalue weighted by Crippen LogP contribution is -2.53. The quantitative estimate of drug-likeness (QED) is 0.304. The van der Waals surface area contributed by atoms with Crippen LogP contribution in [0.2, 0.25) is 0 Å².